The maximum absolute atomic E-state index is 6.13. The van der Waals surface area contributed by atoms with Crippen LogP contribution in [0.4, 0.5) is 0 Å². The summed E-state index contributed by atoms with van der Waals surface area (Å²) in [5.41, 5.74) is 3.73. The van der Waals surface area contributed by atoms with Crippen LogP contribution in [0, 0.1) is 5.92 Å². The lowest BCUT2D eigenvalue weighted by Crippen LogP contribution is -2.59. The Bertz CT molecular complexity index is 809. The van der Waals surface area contributed by atoms with Crippen molar-refractivity contribution in [1.29, 1.82) is 0 Å². The van der Waals surface area contributed by atoms with E-state index >= 15 is 0 Å². The smallest absolute Gasteiger partial charge is 0.150 e. The van der Waals surface area contributed by atoms with Gasteiger partial charge in [0.25, 0.3) is 0 Å². The summed E-state index contributed by atoms with van der Waals surface area (Å²) in [6, 6.07) is 17.2. The summed E-state index contributed by atoms with van der Waals surface area (Å²) in [5, 5.41) is 1.55. The molecule has 142 valence electrons. The summed E-state index contributed by atoms with van der Waals surface area (Å²) in [6.07, 6.45) is 7.69. The highest BCUT2D eigenvalue weighted by atomic mass is 127. The van der Waals surface area contributed by atoms with Crippen molar-refractivity contribution in [2.75, 3.05) is 14.1 Å². The number of nitrogens with zero attached hydrogens (tertiary/aromatic N) is 1. The van der Waals surface area contributed by atoms with Crippen LogP contribution in [-0.2, 0) is 0 Å². The van der Waals surface area contributed by atoms with Crippen molar-refractivity contribution in [2.24, 2.45) is 5.92 Å². The Balaban J connectivity index is 1.73. The third-order valence-electron chi connectivity index (χ3n) is 6.67. The lowest BCUT2D eigenvalue weighted by Gasteiger charge is -2.49. The minimum atomic E-state index is 0.354. The van der Waals surface area contributed by atoms with E-state index in [1.54, 1.807) is 0 Å². The molecule has 2 aromatic rings. The number of piperidine rings is 1. The molecule has 1 nitrogen and oxygen atoms in total. The SMILES string of the molecule is C[N+]1(C)C2CCC1(I)CC(C=C(c1ccc(Cl)cc1)c1ccc(Cl)cc1)C2. The largest absolute Gasteiger partial charge is 0.313 e. The zero-order valence-corrected chi connectivity index (χ0v) is 19.4. The van der Waals surface area contributed by atoms with Crippen LogP contribution in [0.1, 0.15) is 36.8 Å². The number of benzene rings is 2. The second-order valence-corrected chi connectivity index (χ2v) is 11.3. The lowest BCUT2D eigenvalue weighted by molar-refractivity contribution is -0.936. The number of rotatable bonds is 3. The van der Waals surface area contributed by atoms with Crippen LogP contribution in [0.3, 0.4) is 0 Å². The van der Waals surface area contributed by atoms with Gasteiger partial charge in [-0.15, -0.1) is 0 Å². The first-order valence-corrected chi connectivity index (χ1v) is 11.4. The van der Waals surface area contributed by atoms with Crippen LogP contribution >= 0.6 is 45.8 Å². The average Bonchev–Trinajstić information content (AvgIpc) is 2.76. The molecule has 2 fully saturated rings. The van der Waals surface area contributed by atoms with E-state index in [0.717, 1.165) is 20.6 Å². The second kappa shape index (κ2) is 7.37. The van der Waals surface area contributed by atoms with Gasteiger partial charge < -0.3 is 4.48 Å². The van der Waals surface area contributed by atoms with Crippen LogP contribution in [0.2, 0.25) is 10.0 Å². The van der Waals surface area contributed by atoms with Crippen molar-refractivity contribution in [3.05, 3.63) is 75.8 Å². The summed E-state index contributed by atoms with van der Waals surface area (Å²) in [4.78, 5) is 0. The fraction of sp³-hybridized carbons (Fsp3) is 0.391. The van der Waals surface area contributed by atoms with Crippen molar-refractivity contribution >= 4 is 51.4 Å². The van der Waals surface area contributed by atoms with Crippen molar-refractivity contribution < 1.29 is 4.48 Å². The molecule has 0 saturated carbocycles. The molecule has 4 rings (SSSR count). The Morgan fingerprint density at radius 2 is 1.52 bits per heavy atom. The van der Waals surface area contributed by atoms with E-state index < -0.39 is 0 Å². The number of alkyl halides is 1. The number of fused-ring (bicyclic) bond motifs is 2. The van der Waals surface area contributed by atoms with E-state index in [9.17, 15) is 0 Å². The molecular formula is C23H25Cl2IN+. The van der Waals surface area contributed by atoms with E-state index in [1.165, 1.54) is 42.4 Å². The number of quaternary nitrogens is 1. The van der Waals surface area contributed by atoms with Gasteiger partial charge in [0.05, 0.1) is 20.1 Å². The molecule has 2 saturated heterocycles. The van der Waals surface area contributed by atoms with Gasteiger partial charge >= 0.3 is 0 Å². The minimum Gasteiger partial charge on any atom is -0.313 e. The zero-order valence-electron chi connectivity index (χ0n) is 15.8. The zero-order chi connectivity index (χ0) is 19.2. The predicted molar refractivity (Wildman–Crippen MR) is 125 cm³/mol. The fourth-order valence-electron chi connectivity index (χ4n) is 4.86. The monoisotopic (exact) mass is 512 g/mol. The van der Waals surface area contributed by atoms with Gasteiger partial charge in [-0.25, -0.2) is 0 Å². The molecule has 0 radical (unpaired) electrons. The summed E-state index contributed by atoms with van der Waals surface area (Å²) in [5.74, 6) is 0.599. The van der Waals surface area contributed by atoms with Gasteiger partial charge in [0.15, 0.2) is 0 Å². The molecule has 2 bridgehead atoms. The minimum absolute atomic E-state index is 0.354. The first-order chi connectivity index (χ1) is 12.8. The summed E-state index contributed by atoms with van der Waals surface area (Å²) >= 11 is 15.0. The molecule has 3 atom stereocenters. The topological polar surface area (TPSA) is 0 Å². The highest BCUT2D eigenvalue weighted by molar-refractivity contribution is 14.1. The second-order valence-electron chi connectivity index (χ2n) is 8.44. The number of hydrogen-bond donors (Lipinski definition) is 0. The Morgan fingerprint density at radius 1 is 1.00 bits per heavy atom. The molecule has 0 N–H and O–H groups in total. The Kier molecular flexibility index (Phi) is 5.39. The van der Waals surface area contributed by atoms with E-state index in [0.29, 0.717) is 9.46 Å². The number of hydrogen-bond acceptors (Lipinski definition) is 0. The summed E-state index contributed by atoms with van der Waals surface area (Å²) < 4.78 is 1.52. The van der Waals surface area contributed by atoms with Crippen molar-refractivity contribution in [1.82, 2.24) is 0 Å². The van der Waals surface area contributed by atoms with Crippen LogP contribution in [0.15, 0.2) is 54.6 Å². The van der Waals surface area contributed by atoms with Gasteiger partial charge in [-0.2, -0.15) is 0 Å². The predicted octanol–water partition coefficient (Wildman–Crippen LogP) is 7.21. The van der Waals surface area contributed by atoms with E-state index in [1.807, 2.05) is 24.3 Å². The van der Waals surface area contributed by atoms with E-state index in [4.69, 9.17) is 23.2 Å². The van der Waals surface area contributed by atoms with Crippen molar-refractivity contribution in [3.63, 3.8) is 0 Å². The van der Waals surface area contributed by atoms with Crippen molar-refractivity contribution in [3.8, 4) is 0 Å². The third kappa shape index (κ3) is 3.71. The molecule has 0 aliphatic carbocycles. The molecule has 2 aromatic carbocycles. The molecule has 0 spiro atoms. The Morgan fingerprint density at radius 3 is 2.00 bits per heavy atom. The first-order valence-electron chi connectivity index (χ1n) is 9.55. The van der Waals surface area contributed by atoms with Crippen LogP contribution in [-0.4, -0.2) is 28.2 Å². The Hall–Kier alpha value is -0.550. The molecule has 4 heteroatoms. The van der Waals surface area contributed by atoms with Crippen LogP contribution < -0.4 is 0 Å². The van der Waals surface area contributed by atoms with Gasteiger partial charge in [-0.3, -0.25) is 0 Å². The fourth-order valence-corrected chi connectivity index (χ4v) is 6.38. The molecule has 3 unspecified atom stereocenters. The molecular weight excluding hydrogens is 488 g/mol. The normalized spacial score (nSPS) is 28.8. The molecule has 0 aromatic heterocycles. The summed E-state index contributed by atoms with van der Waals surface area (Å²) in [7, 11) is 4.84. The van der Waals surface area contributed by atoms with Crippen molar-refractivity contribution in [2.45, 2.75) is 35.3 Å². The number of halogens is 3. The first kappa shape index (κ1) is 19.8. The van der Waals surface area contributed by atoms with Gasteiger partial charge in [-0.05, 0) is 69.5 Å². The maximum Gasteiger partial charge on any atom is 0.150 e. The van der Waals surface area contributed by atoms with E-state index in [2.05, 4.69) is 67.0 Å². The highest BCUT2D eigenvalue weighted by Gasteiger charge is 2.58. The summed E-state index contributed by atoms with van der Waals surface area (Å²) in [6.45, 7) is 0. The van der Waals surface area contributed by atoms with Crippen LogP contribution in [0.25, 0.3) is 5.57 Å². The molecule has 0 amide bonds. The van der Waals surface area contributed by atoms with Gasteiger partial charge in [0, 0.05) is 35.7 Å². The average molecular weight is 513 g/mol. The van der Waals surface area contributed by atoms with E-state index in [-0.39, 0.29) is 0 Å². The molecule has 27 heavy (non-hydrogen) atoms. The lowest BCUT2D eigenvalue weighted by atomic mass is 9.85. The van der Waals surface area contributed by atoms with Gasteiger partial charge in [-0.1, -0.05) is 53.5 Å². The standard InChI is InChI=1S/C23H25Cl2IN/c1-27(2)21-11-12-23(27,26)15-16(13-21)14-22(17-3-7-19(24)8-4-17)18-5-9-20(25)10-6-18/h3-10,14,16,21H,11-13,15H2,1-2H3/q+1. The van der Waals surface area contributed by atoms with Gasteiger partial charge in [0.2, 0.25) is 0 Å². The molecule has 2 heterocycles. The molecule has 2 aliphatic heterocycles. The molecule has 2 aliphatic rings. The highest BCUT2D eigenvalue weighted by Crippen LogP contribution is 2.54. The maximum atomic E-state index is 6.13. The third-order valence-corrected chi connectivity index (χ3v) is 9.40. The number of allylic oxidation sites excluding steroid dienone is 1. The quantitative estimate of drug-likeness (QED) is 0.176. The Labute approximate surface area is 186 Å². The van der Waals surface area contributed by atoms with Gasteiger partial charge in [0.1, 0.15) is 3.55 Å². The van der Waals surface area contributed by atoms with Crippen LogP contribution in [0.5, 0.6) is 0 Å².